The van der Waals surface area contributed by atoms with Gasteiger partial charge in [-0.3, -0.25) is 4.90 Å². The smallest absolute Gasteiger partial charge is 0.0645 e. The number of nitrogens with two attached hydrogens (primary N) is 1. The second-order valence-electron chi connectivity index (χ2n) is 4.35. The molecule has 0 aliphatic carbocycles. The van der Waals surface area contributed by atoms with Gasteiger partial charge in [-0.05, 0) is 19.1 Å². The molecule has 0 amide bonds. The maximum Gasteiger partial charge on any atom is 0.0645 e. The fourth-order valence-electron chi connectivity index (χ4n) is 2.28. The zero-order chi connectivity index (χ0) is 12.3. The number of hydrogen-bond acceptors (Lipinski definition) is 5. The molecule has 2 heterocycles. The topological polar surface area (TPSA) is 58.7 Å². The number of aliphatic hydroxyl groups is 1. The standard InChI is InChI=1S/C12H20N2O2S/c1-9-2-3-12(17-9)11(6-13)14-4-5-16-8-10(14)7-15/h2-3,10-11,15H,4-8,13H2,1H3. The highest BCUT2D eigenvalue weighted by Gasteiger charge is 2.29. The molecule has 1 aliphatic rings. The van der Waals surface area contributed by atoms with Crippen LogP contribution in [0.25, 0.3) is 0 Å². The summed E-state index contributed by atoms with van der Waals surface area (Å²) >= 11 is 1.78. The summed E-state index contributed by atoms with van der Waals surface area (Å²) in [6, 6.07) is 4.54. The van der Waals surface area contributed by atoms with Gasteiger partial charge in [-0.1, -0.05) is 0 Å². The maximum atomic E-state index is 9.40. The van der Waals surface area contributed by atoms with E-state index in [2.05, 4.69) is 24.0 Å². The predicted octanol–water partition coefficient (Wildman–Crippen LogP) is 0.749. The molecule has 2 rings (SSSR count). The number of hydrogen-bond donors (Lipinski definition) is 2. The van der Waals surface area contributed by atoms with E-state index in [1.54, 1.807) is 11.3 Å². The van der Waals surface area contributed by atoms with Crippen LogP contribution in [-0.2, 0) is 4.74 Å². The average Bonchev–Trinajstić information content (AvgIpc) is 2.77. The average molecular weight is 256 g/mol. The highest BCUT2D eigenvalue weighted by Crippen LogP contribution is 2.29. The highest BCUT2D eigenvalue weighted by atomic mass is 32.1. The second kappa shape index (κ2) is 5.93. The number of nitrogens with zero attached hydrogens (tertiary/aromatic N) is 1. The van der Waals surface area contributed by atoms with Crippen molar-refractivity contribution in [2.75, 3.05) is 32.9 Å². The van der Waals surface area contributed by atoms with Gasteiger partial charge >= 0.3 is 0 Å². The Balaban J connectivity index is 2.16. The molecule has 0 saturated carbocycles. The zero-order valence-electron chi connectivity index (χ0n) is 10.1. The van der Waals surface area contributed by atoms with Crippen molar-refractivity contribution >= 4 is 11.3 Å². The molecule has 3 N–H and O–H groups in total. The lowest BCUT2D eigenvalue weighted by Crippen LogP contribution is -2.50. The van der Waals surface area contributed by atoms with Crippen LogP contribution >= 0.6 is 11.3 Å². The first-order chi connectivity index (χ1) is 8.26. The Morgan fingerprint density at radius 1 is 1.65 bits per heavy atom. The van der Waals surface area contributed by atoms with Crippen molar-refractivity contribution in [2.24, 2.45) is 5.73 Å². The third-order valence-electron chi connectivity index (χ3n) is 3.20. The van der Waals surface area contributed by atoms with Gasteiger partial charge in [0.05, 0.1) is 31.9 Å². The largest absolute Gasteiger partial charge is 0.395 e. The van der Waals surface area contributed by atoms with Gasteiger partial charge in [-0.2, -0.15) is 0 Å². The Hall–Kier alpha value is -0.460. The predicted molar refractivity (Wildman–Crippen MR) is 69.3 cm³/mol. The molecule has 0 bridgehead atoms. The Morgan fingerprint density at radius 2 is 2.47 bits per heavy atom. The number of aliphatic hydroxyl groups excluding tert-OH is 1. The molecule has 1 aromatic rings. The third kappa shape index (κ3) is 2.86. The summed E-state index contributed by atoms with van der Waals surface area (Å²) in [4.78, 5) is 4.85. The number of thiophene rings is 1. The highest BCUT2D eigenvalue weighted by molar-refractivity contribution is 7.12. The van der Waals surface area contributed by atoms with E-state index in [1.807, 2.05) is 0 Å². The summed E-state index contributed by atoms with van der Waals surface area (Å²) in [6.45, 7) is 4.96. The van der Waals surface area contributed by atoms with Crippen LogP contribution in [0.4, 0.5) is 0 Å². The first kappa shape index (κ1) is 13.0. The van der Waals surface area contributed by atoms with Crippen molar-refractivity contribution < 1.29 is 9.84 Å². The van der Waals surface area contributed by atoms with Gasteiger partial charge in [0, 0.05) is 22.8 Å². The quantitative estimate of drug-likeness (QED) is 0.834. The molecule has 1 aliphatic heterocycles. The lowest BCUT2D eigenvalue weighted by Gasteiger charge is -2.39. The van der Waals surface area contributed by atoms with E-state index in [-0.39, 0.29) is 18.7 Å². The molecule has 0 radical (unpaired) electrons. The van der Waals surface area contributed by atoms with E-state index < -0.39 is 0 Å². The van der Waals surface area contributed by atoms with Crippen LogP contribution in [-0.4, -0.2) is 49.0 Å². The Morgan fingerprint density at radius 3 is 3.06 bits per heavy atom. The lowest BCUT2D eigenvalue weighted by atomic mass is 10.1. The van der Waals surface area contributed by atoms with Crippen LogP contribution in [0.3, 0.4) is 0 Å². The zero-order valence-corrected chi connectivity index (χ0v) is 10.9. The van der Waals surface area contributed by atoms with E-state index in [1.165, 1.54) is 9.75 Å². The molecule has 4 nitrogen and oxygen atoms in total. The van der Waals surface area contributed by atoms with Gasteiger partial charge in [-0.25, -0.2) is 0 Å². The summed E-state index contributed by atoms with van der Waals surface area (Å²) < 4.78 is 5.40. The fraction of sp³-hybridized carbons (Fsp3) is 0.667. The Kier molecular flexibility index (Phi) is 4.53. The van der Waals surface area contributed by atoms with Gasteiger partial charge in [0.15, 0.2) is 0 Å². The SMILES string of the molecule is Cc1ccc(C(CN)N2CCOCC2CO)s1. The summed E-state index contributed by atoms with van der Waals surface area (Å²) in [5.74, 6) is 0. The van der Waals surface area contributed by atoms with Crippen LogP contribution in [0.5, 0.6) is 0 Å². The molecule has 1 saturated heterocycles. The van der Waals surface area contributed by atoms with Crippen LogP contribution in [0.15, 0.2) is 12.1 Å². The van der Waals surface area contributed by atoms with Gasteiger partial charge in [0.1, 0.15) is 0 Å². The van der Waals surface area contributed by atoms with Gasteiger partial charge < -0.3 is 15.6 Å². The minimum Gasteiger partial charge on any atom is -0.395 e. The molecule has 2 atom stereocenters. The third-order valence-corrected chi connectivity index (χ3v) is 4.30. The van der Waals surface area contributed by atoms with E-state index in [0.29, 0.717) is 13.2 Å². The lowest BCUT2D eigenvalue weighted by molar-refractivity contribution is -0.0457. The summed E-state index contributed by atoms with van der Waals surface area (Å²) in [6.07, 6.45) is 0. The van der Waals surface area contributed by atoms with Crippen LogP contribution in [0.2, 0.25) is 0 Å². The number of aryl methyl sites for hydroxylation is 1. The molecule has 2 unspecified atom stereocenters. The first-order valence-electron chi connectivity index (χ1n) is 5.97. The number of morpholine rings is 1. The van der Waals surface area contributed by atoms with Crippen molar-refractivity contribution in [2.45, 2.75) is 19.0 Å². The summed E-state index contributed by atoms with van der Waals surface area (Å²) in [5, 5.41) is 9.40. The van der Waals surface area contributed by atoms with Crippen molar-refractivity contribution in [1.29, 1.82) is 0 Å². The molecule has 1 fully saturated rings. The van der Waals surface area contributed by atoms with Crippen molar-refractivity contribution in [1.82, 2.24) is 4.90 Å². The number of ether oxygens (including phenoxy) is 1. The van der Waals surface area contributed by atoms with E-state index in [9.17, 15) is 5.11 Å². The molecule has 0 spiro atoms. The molecule has 96 valence electrons. The number of rotatable bonds is 4. The van der Waals surface area contributed by atoms with Gasteiger partial charge in [-0.15, -0.1) is 11.3 Å². The molecular weight excluding hydrogens is 236 g/mol. The normalized spacial score (nSPS) is 23.8. The minimum atomic E-state index is 0.0692. The van der Waals surface area contributed by atoms with E-state index in [0.717, 1.165) is 13.2 Å². The summed E-state index contributed by atoms with van der Waals surface area (Å²) in [5.41, 5.74) is 5.90. The molecule has 0 aromatic carbocycles. The van der Waals surface area contributed by atoms with E-state index >= 15 is 0 Å². The fourth-order valence-corrected chi connectivity index (χ4v) is 3.29. The first-order valence-corrected chi connectivity index (χ1v) is 6.78. The maximum absolute atomic E-state index is 9.40. The van der Waals surface area contributed by atoms with Gasteiger partial charge in [0.25, 0.3) is 0 Å². The second-order valence-corrected chi connectivity index (χ2v) is 5.67. The summed E-state index contributed by atoms with van der Waals surface area (Å²) in [7, 11) is 0. The van der Waals surface area contributed by atoms with Gasteiger partial charge in [0.2, 0.25) is 0 Å². The van der Waals surface area contributed by atoms with Crippen LogP contribution in [0.1, 0.15) is 15.8 Å². The van der Waals surface area contributed by atoms with E-state index in [4.69, 9.17) is 10.5 Å². The van der Waals surface area contributed by atoms with Crippen LogP contribution < -0.4 is 5.73 Å². The Bertz CT molecular complexity index is 356. The molecule has 1 aromatic heterocycles. The van der Waals surface area contributed by atoms with Crippen LogP contribution in [0, 0.1) is 6.92 Å². The molecular formula is C12H20N2O2S. The van der Waals surface area contributed by atoms with Crippen molar-refractivity contribution in [3.8, 4) is 0 Å². The monoisotopic (exact) mass is 256 g/mol. The van der Waals surface area contributed by atoms with Crippen molar-refractivity contribution in [3.63, 3.8) is 0 Å². The Labute approximate surface area is 106 Å². The molecule has 5 heteroatoms. The minimum absolute atomic E-state index is 0.0692. The molecule has 17 heavy (non-hydrogen) atoms. The van der Waals surface area contributed by atoms with Crippen molar-refractivity contribution in [3.05, 3.63) is 21.9 Å².